The zero-order valence-corrected chi connectivity index (χ0v) is 12.1. The molecule has 0 saturated carbocycles. The average Bonchev–Trinajstić information content (AvgIpc) is 2.37. The summed E-state index contributed by atoms with van der Waals surface area (Å²) in [6.07, 6.45) is -13.1. The second-order valence-corrected chi connectivity index (χ2v) is 4.97. The van der Waals surface area contributed by atoms with Crippen molar-refractivity contribution in [3.05, 3.63) is 0 Å². The second kappa shape index (κ2) is 9.22. The summed E-state index contributed by atoms with van der Waals surface area (Å²) < 4.78 is 77.8. The van der Waals surface area contributed by atoms with Crippen LogP contribution < -0.4 is 0 Å². The van der Waals surface area contributed by atoms with Gasteiger partial charge >= 0.3 is 18.3 Å². The fourth-order valence-electron chi connectivity index (χ4n) is 1.74. The Balaban J connectivity index is 4.40. The van der Waals surface area contributed by atoms with Crippen molar-refractivity contribution in [1.82, 2.24) is 0 Å². The summed E-state index contributed by atoms with van der Waals surface area (Å²) in [4.78, 5) is 10.9. The molecule has 132 valence electrons. The minimum atomic E-state index is -5.35. The SMILES string of the molecule is CCCCCCCCC(OC(=O)[C@H](O)C(F)(F)F)C(F)(F)F. The normalized spacial score (nSPS) is 15.5. The lowest BCUT2D eigenvalue weighted by molar-refractivity contribution is -0.247. The van der Waals surface area contributed by atoms with Crippen molar-refractivity contribution in [2.24, 2.45) is 0 Å². The molecule has 0 amide bonds. The molecule has 0 aliphatic carbocycles. The summed E-state index contributed by atoms with van der Waals surface area (Å²) >= 11 is 0. The summed E-state index contributed by atoms with van der Waals surface area (Å²) in [6, 6.07) is 0. The number of carbonyl (C=O) groups is 1. The Morgan fingerprint density at radius 1 is 0.955 bits per heavy atom. The van der Waals surface area contributed by atoms with Crippen LogP contribution in [-0.2, 0) is 9.53 Å². The topological polar surface area (TPSA) is 46.5 Å². The van der Waals surface area contributed by atoms with Crippen LogP contribution in [0.1, 0.15) is 51.9 Å². The van der Waals surface area contributed by atoms with E-state index < -0.39 is 37.0 Å². The molecule has 1 unspecified atom stereocenters. The molecule has 0 fully saturated rings. The first kappa shape index (κ1) is 21.0. The van der Waals surface area contributed by atoms with Crippen LogP contribution in [-0.4, -0.2) is 35.6 Å². The third-order valence-corrected chi connectivity index (χ3v) is 2.98. The molecule has 0 aromatic rings. The molecule has 0 aromatic heterocycles. The van der Waals surface area contributed by atoms with E-state index in [0.29, 0.717) is 12.8 Å². The van der Waals surface area contributed by atoms with Crippen molar-refractivity contribution >= 4 is 5.97 Å². The van der Waals surface area contributed by atoms with Crippen LogP contribution in [0.2, 0.25) is 0 Å². The van der Waals surface area contributed by atoms with Gasteiger partial charge in [0.1, 0.15) is 0 Å². The fraction of sp³-hybridized carbons (Fsp3) is 0.923. The van der Waals surface area contributed by atoms with Gasteiger partial charge in [-0.15, -0.1) is 0 Å². The van der Waals surface area contributed by atoms with E-state index in [2.05, 4.69) is 4.74 Å². The van der Waals surface area contributed by atoms with E-state index in [1.54, 1.807) is 0 Å². The maximum Gasteiger partial charge on any atom is 0.425 e. The van der Waals surface area contributed by atoms with Crippen LogP contribution in [0.15, 0.2) is 0 Å². The fourth-order valence-corrected chi connectivity index (χ4v) is 1.74. The maximum atomic E-state index is 12.6. The summed E-state index contributed by atoms with van der Waals surface area (Å²) in [5.74, 6) is -2.33. The lowest BCUT2D eigenvalue weighted by Crippen LogP contribution is -2.43. The third kappa shape index (κ3) is 8.45. The Hall–Kier alpha value is -0.990. The van der Waals surface area contributed by atoms with Gasteiger partial charge in [-0.25, -0.2) is 4.79 Å². The van der Waals surface area contributed by atoms with E-state index in [0.717, 1.165) is 19.3 Å². The van der Waals surface area contributed by atoms with E-state index in [9.17, 15) is 31.1 Å². The molecule has 0 heterocycles. The zero-order chi connectivity index (χ0) is 17.4. The molecule has 3 nitrogen and oxygen atoms in total. The molecule has 0 aliphatic rings. The molecule has 0 rings (SSSR count). The number of unbranched alkanes of at least 4 members (excludes halogenated alkanes) is 5. The Morgan fingerprint density at radius 3 is 1.91 bits per heavy atom. The summed E-state index contributed by atoms with van der Waals surface area (Å²) in [5, 5.41) is 8.57. The molecular formula is C13H20F6O3. The summed E-state index contributed by atoms with van der Waals surface area (Å²) in [6.45, 7) is 1.98. The Morgan fingerprint density at radius 2 is 1.45 bits per heavy atom. The lowest BCUT2D eigenvalue weighted by Gasteiger charge is -2.22. The number of aliphatic hydroxyl groups is 1. The Bertz CT molecular complexity index is 327. The van der Waals surface area contributed by atoms with Crippen molar-refractivity contribution < 1.29 is 41.0 Å². The van der Waals surface area contributed by atoms with Gasteiger partial charge in [0.05, 0.1) is 0 Å². The van der Waals surface area contributed by atoms with Gasteiger partial charge < -0.3 is 9.84 Å². The van der Waals surface area contributed by atoms with Gasteiger partial charge in [-0.3, -0.25) is 0 Å². The Labute approximate surface area is 124 Å². The van der Waals surface area contributed by atoms with Gasteiger partial charge in [-0.05, 0) is 12.8 Å². The Kier molecular flexibility index (Phi) is 8.80. The van der Waals surface area contributed by atoms with Crippen LogP contribution in [0.3, 0.4) is 0 Å². The van der Waals surface area contributed by atoms with Crippen LogP contribution in [0.4, 0.5) is 26.3 Å². The van der Waals surface area contributed by atoms with Crippen LogP contribution in [0.5, 0.6) is 0 Å². The molecule has 0 saturated heterocycles. The molecule has 0 bridgehead atoms. The monoisotopic (exact) mass is 338 g/mol. The van der Waals surface area contributed by atoms with Gasteiger partial charge in [0.25, 0.3) is 0 Å². The number of rotatable bonds is 9. The van der Waals surface area contributed by atoms with Crippen LogP contribution in [0, 0.1) is 0 Å². The molecule has 9 heteroatoms. The quantitative estimate of drug-likeness (QED) is 0.391. The largest absolute Gasteiger partial charge is 0.451 e. The van der Waals surface area contributed by atoms with E-state index in [1.165, 1.54) is 0 Å². The third-order valence-electron chi connectivity index (χ3n) is 2.98. The number of alkyl halides is 6. The highest BCUT2D eigenvalue weighted by Gasteiger charge is 2.49. The first-order valence-electron chi connectivity index (χ1n) is 7.02. The van der Waals surface area contributed by atoms with E-state index in [1.807, 2.05) is 6.92 Å². The molecule has 0 aromatic carbocycles. The highest BCUT2D eigenvalue weighted by Crippen LogP contribution is 2.29. The van der Waals surface area contributed by atoms with E-state index >= 15 is 0 Å². The molecule has 0 spiro atoms. The van der Waals surface area contributed by atoms with Crippen molar-refractivity contribution in [1.29, 1.82) is 0 Å². The molecule has 1 N–H and O–H groups in total. The van der Waals surface area contributed by atoms with Gasteiger partial charge in [0.2, 0.25) is 6.10 Å². The second-order valence-electron chi connectivity index (χ2n) is 4.97. The minimum Gasteiger partial charge on any atom is -0.451 e. The number of esters is 1. The van der Waals surface area contributed by atoms with Crippen LogP contribution in [0.25, 0.3) is 0 Å². The standard InChI is InChI=1S/C13H20F6O3/c1-2-3-4-5-6-7-8-9(12(14,15)16)22-11(21)10(20)13(17,18)19/h9-10,20H,2-8H2,1H3/t9?,10-/m0/s1. The first-order chi connectivity index (χ1) is 10.00. The van der Waals surface area contributed by atoms with E-state index in [-0.39, 0.29) is 6.42 Å². The highest BCUT2D eigenvalue weighted by molar-refractivity contribution is 5.75. The molecule has 22 heavy (non-hydrogen) atoms. The maximum absolute atomic E-state index is 12.6. The zero-order valence-electron chi connectivity index (χ0n) is 12.1. The number of hydrogen-bond acceptors (Lipinski definition) is 3. The molecule has 0 radical (unpaired) electrons. The van der Waals surface area contributed by atoms with Gasteiger partial charge in [0, 0.05) is 0 Å². The number of aliphatic hydroxyl groups excluding tert-OH is 1. The van der Waals surface area contributed by atoms with Crippen LogP contribution >= 0.6 is 0 Å². The number of hydrogen-bond donors (Lipinski definition) is 1. The van der Waals surface area contributed by atoms with E-state index in [4.69, 9.17) is 5.11 Å². The summed E-state index contributed by atoms with van der Waals surface area (Å²) in [5.41, 5.74) is 0. The average molecular weight is 338 g/mol. The van der Waals surface area contributed by atoms with Crippen molar-refractivity contribution in [3.63, 3.8) is 0 Å². The summed E-state index contributed by atoms with van der Waals surface area (Å²) in [7, 11) is 0. The highest BCUT2D eigenvalue weighted by atomic mass is 19.4. The first-order valence-corrected chi connectivity index (χ1v) is 7.02. The predicted octanol–water partition coefficient (Wildman–Crippen LogP) is 4.13. The number of carbonyl (C=O) groups excluding carboxylic acids is 1. The molecular weight excluding hydrogens is 318 g/mol. The van der Waals surface area contributed by atoms with Gasteiger partial charge in [0.15, 0.2) is 6.10 Å². The van der Waals surface area contributed by atoms with Gasteiger partial charge in [-0.1, -0.05) is 39.0 Å². The van der Waals surface area contributed by atoms with Crippen molar-refractivity contribution in [3.8, 4) is 0 Å². The number of halogens is 6. The lowest BCUT2D eigenvalue weighted by atomic mass is 10.1. The smallest absolute Gasteiger partial charge is 0.425 e. The molecule has 0 aliphatic heterocycles. The van der Waals surface area contributed by atoms with Gasteiger partial charge in [-0.2, -0.15) is 26.3 Å². The number of ether oxygens (including phenoxy) is 1. The molecule has 2 atom stereocenters. The predicted molar refractivity (Wildman–Crippen MR) is 66.0 cm³/mol. The van der Waals surface area contributed by atoms with Crippen molar-refractivity contribution in [2.75, 3.05) is 0 Å². The van der Waals surface area contributed by atoms with Crippen molar-refractivity contribution in [2.45, 2.75) is 76.4 Å². The minimum absolute atomic E-state index is 0.0727.